The Morgan fingerprint density at radius 1 is 1.47 bits per heavy atom. The normalized spacial score (nSPS) is 31.8. The Bertz CT molecular complexity index is 318. The standard InChI is InChI=1S/C13H21NS/c1-9-3-4-11(7-14)13(5-9)12-6-10(2)15-8-12/h6,8-9,11,13H,3-5,7,14H2,1-2H3. The van der Waals surface area contributed by atoms with E-state index in [-0.39, 0.29) is 0 Å². The first kappa shape index (κ1) is 11.2. The van der Waals surface area contributed by atoms with Gasteiger partial charge in [-0.15, -0.1) is 11.3 Å². The molecule has 15 heavy (non-hydrogen) atoms. The van der Waals surface area contributed by atoms with E-state index in [1.54, 1.807) is 5.56 Å². The van der Waals surface area contributed by atoms with E-state index in [0.29, 0.717) is 0 Å². The van der Waals surface area contributed by atoms with Gasteiger partial charge in [0.15, 0.2) is 0 Å². The molecular formula is C13H21NS. The van der Waals surface area contributed by atoms with Gasteiger partial charge in [0.05, 0.1) is 0 Å². The Morgan fingerprint density at radius 3 is 2.87 bits per heavy atom. The van der Waals surface area contributed by atoms with Crippen molar-refractivity contribution >= 4 is 11.3 Å². The van der Waals surface area contributed by atoms with Crippen LogP contribution in [-0.2, 0) is 0 Å². The van der Waals surface area contributed by atoms with Crippen LogP contribution in [0.15, 0.2) is 11.4 Å². The third-order valence-corrected chi connectivity index (χ3v) is 4.62. The molecule has 3 unspecified atom stereocenters. The summed E-state index contributed by atoms with van der Waals surface area (Å²) >= 11 is 1.87. The van der Waals surface area contributed by atoms with E-state index in [0.717, 1.165) is 24.3 Å². The highest BCUT2D eigenvalue weighted by molar-refractivity contribution is 7.10. The second-order valence-corrected chi connectivity index (χ2v) is 6.13. The molecule has 1 nitrogen and oxygen atoms in total. The predicted octanol–water partition coefficient (Wildman–Crippen LogP) is 3.54. The highest BCUT2D eigenvalue weighted by atomic mass is 32.1. The van der Waals surface area contributed by atoms with Crippen molar-refractivity contribution in [2.75, 3.05) is 6.54 Å². The molecule has 1 heterocycles. The molecule has 1 fully saturated rings. The van der Waals surface area contributed by atoms with Crippen LogP contribution in [0.25, 0.3) is 0 Å². The number of rotatable bonds is 2. The molecule has 1 aromatic heterocycles. The van der Waals surface area contributed by atoms with Gasteiger partial charge in [-0.3, -0.25) is 0 Å². The third kappa shape index (κ3) is 2.43. The fourth-order valence-corrected chi connectivity index (χ4v) is 3.56. The summed E-state index contributed by atoms with van der Waals surface area (Å²) in [5, 5.41) is 2.33. The Kier molecular flexibility index (Phi) is 3.47. The molecule has 0 bridgehead atoms. The lowest BCUT2D eigenvalue weighted by molar-refractivity contribution is 0.254. The van der Waals surface area contributed by atoms with Crippen molar-refractivity contribution < 1.29 is 0 Å². The van der Waals surface area contributed by atoms with Crippen LogP contribution in [0.5, 0.6) is 0 Å². The van der Waals surface area contributed by atoms with Gasteiger partial charge in [-0.25, -0.2) is 0 Å². The molecular weight excluding hydrogens is 202 g/mol. The number of thiophene rings is 1. The molecule has 0 saturated heterocycles. The summed E-state index contributed by atoms with van der Waals surface area (Å²) in [5.41, 5.74) is 7.43. The Labute approximate surface area is 96.7 Å². The van der Waals surface area contributed by atoms with Gasteiger partial charge < -0.3 is 5.73 Å². The van der Waals surface area contributed by atoms with Crippen molar-refractivity contribution in [1.82, 2.24) is 0 Å². The smallest absolute Gasteiger partial charge is 0.00171 e. The zero-order valence-electron chi connectivity index (χ0n) is 9.70. The maximum Gasteiger partial charge on any atom is 0.00171 e. The molecule has 0 aliphatic heterocycles. The molecule has 1 saturated carbocycles. The fraction of sp³-hybridized carbons (Fsp3) is 0.692. The second-order valence-electron chi connectivity index (χ2n) is 5.01. The van der Waals surface area contributed by atoms with Gasteiger partial charge in [-0.2, -0.15) is 0 Å². The first-order chi connectivity index (χ1) is 7.20. The minimum atomic E-state index is 0.718. The summed E-state index contributed by atoms with van der Waals surface area (Å²) in [7, 11) is 0. The quantitative estimate of drug-likeness (QED) is 0.815. The van der Waals surface area contributed by atoms with Crippen molar-refractivity contribution in [3.8, 4) is 0 Å². The number of nitrogens with two attached hydrogens (primary N) is 1. The van der Waals surface area contributed by atoms with E-state index in [9.17, 15) is 0 Å². The monoisotopic (exact) mass is 223 g/mol. The molecule has 0 radical (unpaired) electrons. The van der Waals surface area contributed by atoms with Crippen LogP contribution in [0.4, 0.5) is 0 Å². The maximum absolute atomic E-state index is 5.89. The van der Waals surface area contributed by atoms with Crippen molar-refractivity contribution in [1.29, 1.82) is 0 Å². The Morgan fingerprint density at radius 2 is 2.27 bits per heavy atom. The molecule has 0 amide bonds. The van der Waals surface area contributed by atoms with E-state index < -0.39 is 0 Å². The van der Waals surface area contributed by atoms with Crippen LogP contribution in [-0.4, -0.2) is 6.54 Å². The van der Waals surface area contributed by atoms with Gasteiger partial charge in [0.1, 0.15) is 0 Å². The van der Waals surface area contributed by atoms with Crippen molar-refractivity contribution in [3.63, 3.8) is 0 Å². The summed E-state index contributed by atoms with van der Waals surface area (Å²) in [6.07, 6.45) is 4.01. The van der Waals surface area contributed by atoms with Gasteiger partial charge in [-0.1, -0.05) is 13.3 Å². The van der Waals surface area contributed by atoms with E-state index >= 15 is 0 Å². The largest absolute Gasteiger partial charge is 0.330 e. The Hall–Kier alpha value is -0.340. The third-order valence-electron chi connectivity index (χ3n) is 3.74. The first-order valence-corrected chi connectivity index (χ1v) is 6.83. The fourth-order valence-electron chi connectivity index (χ4n) is 2.79. The summed E-state index contributed by atoms with van der Waals surface area (Å²) in [4.78, 5) is 1.43. The lowest BCUT2D eigenvalue weighted by Crippen LogP contribution is -2.27. The number of aryl methyl sites for hydroxylation is 1. The Balaban J connectivity index is 2.16. The van der Waals surface area contributed by atoms with Crippen LogP contribution in [0.3, 0.4) is 0 Å². The topological polar surface area (TPSA) is 26.0 Å². The van der Waals surface area contributed by atoms with Crippen LogP contribution in [0, 0.1) is 18.8 Å². The molecule has 1 aliphatic carbocycles. The highest BCUT2D eigenvalue weighted by Crippen LogP contribution is 2.41. The molecule has 0 aromatic carbocycles. The minimum absolute atomic E-state index is 0.718. The second kappa shape index (κ2) is 4.67. The van der Waals surface area contributed by atoms with Gasteiger partial charge in [0.2, 0.25) is 0 Å². The van der Waals surface area contributed by atoms with Crippen LogP contribution < -0.4 is 5.73 Å². The van der Waals surface area contributed by atoms with Gasteiger partial charge >= 0.3 is 0 Å². The average molecular weight is 223 g/mol. The maximum atomic E-state index is 5.89. The van der Waals surface area contributed by atoms with Crippen LogP contribution in [0.1, 0.15) is 42.5 Å². The molecule has 2 N–H and O–H groups in total. The summed E-state index contributed by atoms with van der Waals surface area (Å²) < 4.78 is 0. The lowest BCUT2D eigenvalue weighted by Gasteiger charge is -2.34. The lowest BCUT2D eigenvalue weighted by atomic mass is 9.72. The zero-order valence-corrected chi connectivity index (χ0v) is 10.5. The molecule has 3 atom stereocenters. The molecule has 1 aliphatic rings. The SMILES string of the molecule is Cc1cc(C2CC(C)CCC2CN)cs1. The van der Waals surface area contributed by atoms with E-state index in [1.807, 2.05) is 11.3 Å². The molecule has 2 heteroatoms. The van der Waals surface area contributed by atoms with Crippen LogP contribution in [0.2, 0.25) is 0 Å². The number of hydrogen-bond acceptors (Lipinski definition) is 2. The van der Waals surface area contributed by atoms with Gasteiger partial charge in [0.25, 0.3) is 0 Å². The molecule has 1 aromatic rings. The van der Waals surface area contributed by atoms with Crippen molar-refractivity contribution in [2.45, 2.75) is 39.0 Å². The summed E-state index contributed by atoms with van der Waals surface area (Å²) in [6, 6.07) is 2.36. The highest BCUT2D eigenvalue weighted by Gasteiger charge is 2.29. The van der Waals surface area contributed by atoms with E-state index in [2.05, 4.69) is 25.3 Å². The zero-order chi connectivity index (χ0) is 10.8. The van der Waals surface area contributed by atoms with E-state index in [1.165, 1.54) is 24.1 Å². The summed E-state index contributed by atoms with van der Waals surface area (Å²) in [5.74, 6) is 2.32. The minimum Gasteiger partial charge on any atom is -0.330 e. The number of hydrogen-bond donors (Lipinski definition) is 1. The molecule has 84 valence electrons. The van der Waals surface area contributed by atoms with Gasteiger partial charge in [0, 0.05) is 4.88 Å². The first-order valence-electron chi connectivity index (χ1n) is 5.95. The average Bonchev–Trinajstić information content (AvgIpc) is 2.65. The van der Waals surface area contributed by atoms with Crippen LogP contribution >= 0.6 is 11.3 Å². The summed E-state index contributed by atoms with van der Waals surface area (Å²) in [6.45, 7) is 5.42. The molecule has 2 rings (SSSR count). The predicted molar refractivity (Wildman–Crippen MR) is 67.4 cm³/mol. The van der Waals surface area contributed by atoms with Gasteiger partial charge in [-0.05, 0) is 61.1 Å². The molecule has 0 spiro atoms. The van der Waals surface area contributed by atoms with Crippen molar-refractivity contribution in [2.24, 2.45) is 17.6 Å². The van der Waals surface area contributed by atoms with Crippen molar-refractivity contribution in [3.05, 3.63) is 21.9 Å². The van der Waals surface area contributed by atoms with E-state index in [4.69, 9.17) is 5.73 Å².